The van der Waals surface area contributed by atoms with Crippen LogP contribution in [0.25, 0.3) is 22.6 Å². The van der Waals surface area contributed by atoms with Crippen molar-refractivity contribution in [3.63, 3.8) is 0 Å². The molecule has 5 nitrogen and oxygen atoms in total. The van der Waals surface area contributed by atoms with Crippen LogP contribution >= 0.6 is 28.1 Å². The molecule has 2 N–H and O–H groups in total. The van der Waals surface area contributed by atoms with Gasteiger partial charge in [-0.15, -0.1) is 0 Å². The van der Waals surface area contributed by atoms with E-state index in [2.05, 4.69) is 31.5 Å². The molecule has 3 aromatic carbocycles. The molecular formula is C23H18BrN3O2S. The van der Waals surface area contributed by atoms with Crippen LogP contribution in [0.5, 0.6) is 0 Å². The standard InChI is InChI=1S/C23H18BrN3O2S/c1-13-8-14(2)10-16(9-13)21(28)27-23(30)25-18-6-7-20-19(12-18)26-22(29-20)15-4-3-5-17(24)11-15/h3-12H,1-2H3,(H2,25,27,28,30). The molecule has 0 bridgehead atoms. The first-order valence-electron chi connectivity index (χ1n) is 9.24. The molecule has 4 aromatic rings. The van der Waals surface area contributed by atoms with Crippen molar-refractivity contribution >= 4 is 56.0 Å². The van der Waals surface area contributed by atoms with E-state index in [4.69, 9.17) is 16.6 Å². The summed E-state index contributed by atoms with van der Waals surface area (Å²) in [6, 6.07) is 18.9. The van der Waals surface area contributed by atoms with E-state index in [-0.39, 0.29) is 11.0 Å². The lowest BCUT2D eigenvalue weighted by Crippen LogP contribution is -2.34. The Balaban J connectivity index is 1.49. The number of fused-ring (bicyclic) bond motifs is 1. The molecule has 0 atom stereocenters. The lowest BCUT2D eigenvalue weighted by Gasteiger charge is -2.10. The molecule has 7 heteroatoms. The van der Waals surface area contributed by atoms with Crippen LogP contribution in [0.2, 0.25) is 0 Å². The number of amides is 1. The zero-order valence-corrected chi connectivity index (χ0v) is 18.7. The summed E-state index contributed by atoms with van der Waals surface area (Å²) in [5.41, 5.74) is 5.57. The molecule has 0 aliphatic carbocycles. The van der Waals surface area contributed by atoms with Gasteiger partial charge in [0.2, 0.25) is 5.89 Å². The number of anilines is 1. The van der Waals surface area contributed by atoms with Crippen molar-refractivity contribution in [1.29, 1.82) is 0 Å². The van der Waals surface area contributed by atoms with Crippen LogP contribution in [-0.4, -0.2) is 16.0 Å². The number of hydrogen-bond donors (Lipinski definition) is 2. The van der Waals surface area contributed by atoms with Crippen molar-refractivity contribution in [3.05, 3.63) is 81.8 Å². The van der Waals surface area contributed by atoms with E-state index in [0.29, 0.717) is 28.2 Å². The Morgan fingerprint density at radius 2 is 1.80 bits per heavy atom. The minimum absolute atomic E-state index is 0.217. The van der Waals surface area contributed by atoms with Gasteiger partial charge < -0.3 is 9.73 Å². The van der Waals surface area contributed by atoms with Gasteiger partial charge in [0.1, 0.15) is 5.52 Å². The number of carbonyl (C=O) groups is 1. The lowest BCUT2D eigenvalue weighted by molar-refractivity contribution is 0.0977. The zero-order chi connectivity index (χ0) is 21.3. The molecule has 1 aromatic heterocycles. The summed E-state index contributed by atoms with van der Waals surface area (Å²) in [5.74, 6) is 0.285. The van der Waals surface area contributed by atoms with Crippen LogP contribution in [0, 0.1) is 13.8 Å². The summed E-state index contributed by atoms with van der Waals surface area (Å²) in [7, 11) is 0. The minimum atomic E-state index is -0.251. The van der Waals surface area contributed by atoms with E-state index >= 15 is 0 Å². The fourth-order valence-corrected chi connectivity index (χ4v) is 3.80. The van der Waals surface area contributed by atoms with E-state index in [9.17, 15) is 4.79 Å². The molecule has 0 aliphatic heterocycles. The van der Waals surface area contributed by atoms with Crippen LogP contribution < -0.4 is 10.6 Å². The molecule has 1 heterocycles. The van der Waals surface area contributed by atoms with Crippen molar-refractivity contribution < 1.29 is 9.21 Å². The van der Waals surface area contributed by atoms with Crippen LogP contribution in [0.4, 0.5) is 5.69 Å². The van der Waals surface area contributed by atoms with Gasteiger partial charge in [-0.05, 0) is 74.6 Å². The first-order chi connectivity index (χ1) is 14.4. The van der Waals surface area contributed by atoms with Gasteiger partial charge in [0.05, 0.1) is 0 Å². The third kappa shape index (κ3) is 4.58. The second-order valence-electron chi connectivity index (χ2n) is 7.00. The highest BCUT2D eigenvalue weighted by atomic mass is 79.9. The highest BCUT2D eigenvalue weighted by molar-refractivity contribution is 9.10. The summed E-state index contributed by atoms with van der Waals surface area (Å²) in [4.78, 5) is 17.0. The topological polar surface area (TPSA) is 67.2 Å². The molecule has 4 rings (SSSR count). The van der Waals surface area contributed by atoms with Gasteiger partial charge in [0, 0.05) is 21.3 Å². The summed E-state index contributed by atoms with van der Waals surface area (Å²) < 4.78 is 6.80. The highest BCUT2D eigenvalue weighted by Crippen LogP contribution is 2.27. The van der Waals surface area contributed by atoms with Gasteiger partial charge in [-0.3, -0.25) is 10.1 Å². The van der Waals surface area contributed by atoms with Crippen LogP contribution in [0.15, 0.2) is 69.6 Å². The first-order valence-corrected chi connectivity index (χ1v) is 10.4. The summed E-state index contributed by atoms with van der Waals surface area (Å²) in [6.45, 7) is 3.91. The normalized spacial score (nSPS) is 10.8. The fraction of sp³-hybridized carbons (Fsp3) is 0.0870. The number of carbonyl (C=O) groups excluding carboxylic acids is 1. The van der Waals surface area contributed by atoms with Crippen molar-refractivity contribution in [1.82, 2.24) is 10.3 Å². The molecular weight excluding hydrogens is 462 g/mol. The maximum absolute atomic E-state index is 12.5. The number of hydrogen-bond acceptors (Lipinski definition) is 4. The van der Waals surface area contributed by atoms with E-state index in [0.717, 1.165) is 21.2 Å². The predicted octanol–water partition coefficient (Wildman–Crippen LogP) is 6.00. The largest absolute Gasteiger partial charge is 0.436 e. The number of aryl methyl sites for hydroxylation is 2. The Hall–Kier alpha value is -3.03. The number of nitrogens with one attached hydrogen (secondary N) is 2. The molecule has 1 amide bonds. The van der Waals surface area contributed by atoms with Crippen molar-refractivity contribution in [2.75, 3.05) is 5.32 Å². The molecule has 0 fully saturated rings. The number of oxazole rings is 1. The smallest absolute Gasteiger partial charge is 0.257 e. The minimum Gasteiger partial charge on any atom is -0.436 e. The summed E-state index contributed by atoms with van der Waals surface area (Å²) in [6.07, 6.45) is 0. The van der Waals surface area contributed by atoms with Gasteiger partial charge in [0.25, 0.3) is 5.91 Å². The maximum Gasteiger partial charge on any atom is 0.257 e. The average Bonchev–Trinajstić information content (AvgIpc) is 3.10. The number of rotatable bonds is 3. The lowest BCUT2D eigenvalue weighted by atomic mass is 10.1. The Labute approximate surface area is 187 Å². The highest BCUT2D eigenvalue weighted by Gasteiger charge is 2.12. The molecule has 0 radical (unpaired) electrons. The Kier molecular flexibility index (Phi) is 5.65. The molecule has 0 aliphatic rings. The number of halogens is 1. The third-order valence-electron chi connectivity index (χ3n) is 4.43. The van der Waals surface area contributed by atoms with Crippen LogP contribution in [-0.2, 0) is 0 Å². The molecule has 0 saturated heterocycles. The zero-order valence-electron chi connectivity index (χ0n) is 16.3. The van der Waals surface area contributed by atoms with E-state index in [1.165, 1.54) is 0 Å². The molecule has 0 spiro atoms. The van der Waals surface area contributed by atoms with Crippen molar-refractivity contribution in [2.45, 2.75) is 13.8 Å². The van der Waals surface area contributed by atoms with Gasteiger partial charge in [-0.2, -0.15) is 0 Å². The van der Waals surface area contributed by atoms with Gasteiger partial charge in [-0.1, -0.05) is 39.2 Å². The number of benzene rings is 3. The van der Waals surface area contributed by atoms with E-state index in [1.54, 1.807) is 0 Å². The Morgan fingerprint density at radius 1 is 1.03 bits per heavy atom. The molecule has 30 heavy (non-hydrogen) atoms. The number of nitrogens with zero attached hydrogens (tertiary/aromatic N) is 1. The molecule has 0 saturated carbocycles. The second kappa shape index (κ2) is 8.38. The SMILES string of the molecule is Cc1cc(C)cc(C(=O)NC(=S)Nc2ccc3oc(-c4cccc(Br)c4)nc3c2)c1. The number of aromatic nitrogens is 1. The van der Waals surface area contributed by atoms with Crippen molar-refractivity contribution in [2.24, 2.45) is 0 Å². The number of thiocarbonyl (C=S) groups is 1. The van der Waals surface area contributed by atoms with Crippen LogP contribution in [0.1, 0.15) is 21.5 Å². The van der Waals surface area contributed by atoms with Crippen molar-refractivity contribution in [3.8, 4) is 11.5 Å². The first kappa shape index (κ1) is 20.3. The molecule has 150 valence electrons. The average molecular weight is 480 g/mol. The Morgan fingerprint density at radius 3 is 2.53 bits per heavy atom. The van der Waals surface area contributed by atoms with E-state index < -0.39 is 0 Å². The summed E-state index contributed by atoms with van der Waals surface area (Å²) >= 11 is 8.76. The summed E-state index contributed by atoms with van der Waals surface area (Å²) in [5, 5.41) is 5.97. The third-order valence-corrected chi connectivity index (χ3v) is 5.13. The molecule has 0 unspecified atom stereocenters. The second-order valence-corrected chi connectivity index (χ2v) is 8.32. The quantitative estimate of drug-likeness (QED) is 0.352. The predicted molar refractivity (Wildman–Crippen MR) is 127 cm³/mol. The fourth-order valence-electron chi connectivity index (χ4n) is 3.19. The van der Waals surface area contributed by atoms with Gasteiger partial charge >= 0.3 is 0 Å². The van der Waals surface area contributed by atoms with E-state index in [1.807, 2.05) is 74.5 Å². The monoisotopic (exact) mass is 479 g/mol. The van der Waals surface area contributed by atoms with Gasteiger partial charge in [0.15, 0.2) is 10.7 Å². The van der Waals surface area contributed by atoms with Gasteiger partial charge in [-0.25, -0.2) is 4.98 Å². The maximum atomic E-state index is 12.5. The van der Waals surface area contributed by atoms with Crippen LogP contribution in [0.3, 0.4) is 0 Å². The Bertz CT molecular complexity index is 1260.